The largest absolute Gasteiger partial charge is 0.372 e. The van der Waals surface area contributed by atoms with Gasteiger partial charge in [0, 0.05) is 11.3 Å². The van der Waals surface area contributed by atoms with E-state index in [9.17, 15) is 14.7 Å². The molecule has 0 fully saturated rings. The molecule has 0 saturated heterocycles. The standard InChI is InChI=1S/C24H22N2O3/c1-2-17-12-14-19(15-13-17)25-22(27)16-26-21-11-7-6-10-20(21)24(29,23(26)28)18-8-4-3-5-9-18/h3-15,29H,2,16H2,1H3,(H,25,27)/t24-/m0/s1. The Morgan fingerprint density at radius 1 is 0.966 bits per heavy atom. The minimum absolute atomic E-state index is 0.180. The summed E-state index contributed by atoms with van der Waals surface area (Å²) in [6.45, 7) is 1.89. The molecule has 0 spiro atoms. The van der Waals surface area contributed by atoms with Crippen molar-refractivity contribution in [2.24, 2.45) is 0 Å². The quantitative estimate of drug-likeness (QED) is 0.705. The van der Waals surface area contributed by atoms with Gasteiger partial charge in [-0.25, -0.2) is 0 Å². The lowest BCUT2D eigenvalue weighted by molar-refractivity contribution is -0.133. The molecule has 3 aromatic rings. The minimum Gasteiger partial charge on any atom is -0.372 e. The zero-order valence-corrected chi connectivity index (χ0v) is 16.1. The molecule has 0 bridgehead atoms. The summed E-state index contributed by atoms with van der Waals surface area (Å²) in [6, 6.07) is 23.5. The first-order valence-corrected chi connectivity index (χ1v) is 9.62. The van der Waals surface area contributed by atoms with E-state index in [4.69, 9.17) is 0 Å². The van der Waals surface area contributed by atoms with E-state index in [1.807, 2.05) is 30.3 Å². The van der Waals surface area contributed by atoms with Crippen LogP contribution in [0.25, 0.3) is 0 Å². The monoisotopic (exact) mass is 386 g/mol. The van der Waals surface area contributed by atoms with Gasteiger partial charge in [0.1, 0.15) is 6.54 Å². The van der Waals surface area contributed by atoms with Crippen LogP contribution in [-0.4, -0.2) is 23.5 Å². The van der Waals surface area contributed by atoms with Gasteiger partial charge in [0.25, 0.3) is 5.91 Å². The topological polar surface area (TPSA) is 69.6 Å². The Morgan fingerprint density at radius 3 is 2.31 bits per heavy atom. The smallest absolute Gasteiger partial charge is 0.268 e. The number of hydrogen-bond donors (Lipinski definition) is 2. The lowest BCUT2D eigenvalue weighted by atomic mass is 9.88. The van der Waals surface area contributed by atoms with E-state index in [-0.39, 0.29) is 12.5 Å². The van der Waals surface area contributed by atoms with Gasteiger partial charge in [0.05, 0.1) is 5.69 Å². The number of aryl methyl sites for hydroxylation is 1. The van der Waals surface area contributed by atoms with E-state index in [2.05, 4.69) is 12.2 Å². The van der Waals surface area contributed by atoms with Crippen LogP contribution in [0.5, 0.6) is 0 Å². The molecular formula is C24H22N2O3. The van der Waals surface area contributed by atoms with Crippen molar-refractivity contribution in [3.63, 3.8) is 0 Å². The maximum Gasteiger partial charge on any atom is 0.268 e. The average Bonchev–Trinajstić information content (AvgIpc) is 2.98. The molecule has 0 aliphatic carbocycles. The van der Waals surface area contributed by atoms with Crippen molar-refractivity contribution in [2.45, 2.75) is 18.9 Å². The van der Waals surface area contributed by atoms with E-state index < -0.39 is 11.5 Å². The van der Waals surface area contributed by atoms with Gasteiger partial charge < -0.3 is 10.4 Å². The van der Waals surface area contributed by atoms with E-state index in [0.29, 0.717) is 22.5 Å². The first-order valence-electron chi connectivity index (χ1n) is 9.62. The van der Waals surface area contributed by atoms with Crippen LogP contribution in [0.4, 0.5) is 11.4 Å². The molecule has 1 heterocycles. The van der Waals surface area contributed by atoms with Crippen molar-refractivity contribution in [2.75, 3.05) is 16.8 Å². The van der Waals surface area contributed by atoms with Gasteiger partial charge >= 0.3 is 0 Å². The summed E-state index contributed by atoms with van der Waals surface area (Å²) in [4.78, 5) is 27.2. The number of benzene rings is 3. The molecule has 146 valence electrons. The number of carbonyl (C=O) groups is 2. The fourth-order valence-corrected chi connectivity index (χ4v) is 3.72. The van der Waals surface area contributed by atoms with Crippen LogP contribution in [-0.2, 0) is 21.6 Å². The van der Waals surface area contributed by atoms with Gasteiger partial charge in [-0.1, -0.05) is 67.6 Å². The minimum atomic E-state index is -1.80. The third kappa shape index (κ3) is 3.30. The average molecular weight is 386 g/mol. The number of nitrogens with one attached hydrogen (secondary N) is 1. The zero-order chi connectivity index (χ0) is 20.4. The van der Waals surface area contributed by atoms with E-state index in [1.165, 1.54) is 10.5 Å². The number of rotatable bonds is 5. The van der Waals surface area contributed by atoms with Crippen LogP contribution >= 0.6 is 0 Å². The van der Waals surface area contributed by atoms with Gasteiger partial charge in [-0.05, 0) is 35.7 Å². The maximum absolute atomic E-state index is 13.3. The number of amides is 2. The molecule has 4 rings (SSSR count). The summed E-state index contributed by atoms with van der Waals surface area (Å²) >= 11 is 0. The van der Waals surface area contributed by atoms with Crippen molar-refractivity contribution >= 4 is 23.2 Å². The third-order valence-electron chi connectivity index (χ3n) is 5.28. The van der Waals surface area contributed by atoms with Crippen molar-refractivity contribution in [1.29, 1.82) is 0 Å². The molecule has 0 saturated carbocycles. The summed E-state index contributed by atoms with van der Waals surface area (Å²) in [7, 11) is 0. The van der Waals surface area contributed by atoms with Gasteiger partial charge in [0.2, 0.25) is 5.91 Å². The molecule has 1 atom stereocenters. The summed E-state index contributed by atoms with van der Waals surface area (Å²) < 4.78 is 0. The van der Waals surface area contributed by atoms with E-state index in [1.54, 1.807) is 48.5 Å². The van der Waals surface area contributed by atoms with Crippen LogP contribution in [0.3, 0.4) is 0 Å². The van der Waals surface area contributed by atoms with Crippen molar-refractivity contribution in [3.05, 3.63) is 95.6 Å². The first kappa shape index (κ1) is 18.9. The summed E-state index contributed by atoms with van der Waals surface area (Å²) in [5.41, 5.74) is 1.55. The Balaban J connectivity index is 1.61. The van der Waals surface area contributed by atoms with Crippen LogP contribution in [0, 0.1) is 0 Å². The second-order valence-corrected chi connectivity index (χ2v) is 7.08. The second-order valence-electron chi connectivity index (χ2n) is 7.08. The molecule has 1 aliphatic heterocycles. The number of aliphatic hydroxyl groups is 1. The lowest BCUT2D eigenvalue weighted by Crippen LogP contribution is -2.44. The van der Waals surface area contributed by atoms with E-state index in [0.717, 1.165) is 6.42 Å². The Bertz CT molecular complexity index is 1050. The molecule has 2 N–H and O–H groups in total. The van der Waals surface area contributed by atoms with Crippen LogP contribution in [0.15, 0.2) is 78.9 Å². The normalized spacial score (nSPS) is 17.9. The number of carbonyl (C=O) groups excluding carboxylic acids is 2. The predicted octanol–water partition coefficient (Wildman–Crippen LogP) is 3.47. The van der Waals surface area contributed by atoms with Crippen molar-refractivity contribution < 1.29 is 14.7 Å². The highest BCUT2D eigenvalue weighted by molar-refractivity contribution is 6.12. The molecule has 0 radical (unpaired) electrons. The molecular weight excluding hydrogens is 364 g/mol. The molecule has 0 aromatic heterocycles. The summed E-state index contributed by atoms with van der Waals surface area (Å²) in [5, 5.41) is 14.2. The highest BCUT2D eigenvalue weighted by Crippen LogP contribution is 2.44. The molecule has 2 amide bonds. The Labute approximate surface area is 169 Å². The zero-order valence-electron chi connectivity index (χ0n) is 16.1. The third-order valence-corrected chi connectivity index (χ3v) is 5.28. The predicted molar refractivity (Wildman–Crippen MR) is 113 cm³/mol. The number of fused-ring (bicyclic) bond motifs is 1. The number of nitrogens with zero attached hydrogens (tertiary/aromatic N) is 1. The molecule has 3 aromatic carbocycles. The highest BCUT2D eigenvalue weighted by atomic mass is 16.3. The van der Waals surface area contributed by atoms with Gasteiger partial charge in [0.15, 0.2) is 5.60 Å². The van der Waals surface area contributed by atoms with E-state index >= 15 is 0 Å². The number of anilines is 2. The van der Waals surface area contributed by atoms with Gasteiger partial charge in [-0.2, -0.15) is 0 Å². The maximum atomic E-state index is 13.3. The summed E-state index contributed by atoms with van der Waals surface area (Å²) in [5.74, 6) is -0.851. The van der Waals surface area contributed by atoms with Crippen LogP contribution < -0.4 is 10.2 Å². The SMILES string of the molecule is CCc1ccc(NC(=O)CN2C(=O)[C@](O)(c3ccccc3)c3ccccc32)cc1. The molecule has 1 aliphatic rings. The fraction of sp³-hybridized carbons (Fsp3) is 0.167. The first-order chi connectivity index (χ1) is 14.0. The van der Waals surface area contributed by atoms with Gasteiger partial charge in [-0.15, -0.1) is 0 Å². The molecule has 29 heavy (non-hydrogen) atoms. The van der Waals surface area contributed by atoms with Crippen LogP contribution in [0.1, 0.15) is 23.6 Å². The van der Waals surface area contributed by atoms with Crippen molar-refractivity contribution in [1.82, 2.24) is 0 Å². The van der Waals surface area contributed by atoms with Gasteiger partial charge in [-0.3, -0.25) is 14.5 Å². The summed E-state index contributed by atoms with van der Waals surface area (Å²) in [6.07, 6.45) is 0.922. The molecule has 5 nitrogen and oxygen atoms in total. The number of para-hydroxylation sites is 1. The van der Waals surface area contributed by atoms with Crippen molar-refractivity contribution in [3.8, 4) is 0 Å². The number of hydrogen-bond acceptors (Lipinski definition) is 3. The molecule has 0 unspecified atom stereocenters. The highest BCUT2D eigenvalue weighted by Gasteiger charge is 2.51. The Morgan fingerprint density at radius 2 is 1.62 bits per heavy atom. The Hall–Kier alpha value is -3.44. The fourth-order valence-electron chi connectivity index (χ4n) is 3.72. The molecule has 5 heteroatoms. The second kappa shape index (κ2) is 7.53. The lowest BCUT2D eigenvalue weighted by Gasteiger charge is -2.23. The Kier molecular flexibility index (Phi) is 4.91. The van der Waals surface area contributed by atoms with Crippen LogP contribution in [0.2, 0.25) is 0 Å².